The standard InChI is InChI=1S/C19H25N5/c1-15-6-2-5-9-17(15)18-14-20-22-19(21-18)24-12-10-23(11-13-24)16-7-3-4-8-16/h2,5-6,9,14,16H,3-4,7-8,10-13H2,1H3. The third kappa shape index (κ3) is 3.13. The third-order valence-corrected chi connectivity index (χ3v) is 5.41. The van der Waals surface area contributed by atoms with Gasteiger partial charge in [-0.2, -0.15) is 5.10 Å². The predicted octanol–water partition coefficient (Wildman–Crippen LogP) is 2.91. The van der Waals surface area contributed by atoms with Gasteiger partial charge in [0.25, 0.3) is 0 Å². The van der Waals surface area contributed by atoms with E-state index in [-0.39, 0.29) is 0 Å². The van der Waals surface area contributed by atoms with Crippen LogP contribution in [-0.4, -0.2) is 52.3 Å². The lowest BCUT2D eigenvalue weighted by atomic mass is 10.1. The Morgan fingerprint density at radius 1 is 1.00 bits per heavy atom. The third-order valence-electron chi connectivity index (χ3n) is 5.41. The molecule has 5 heteroatoms. The van der Waals surface area contributed by atoms with Crippen molar-refractivity contribution < 1.29 is 0 Å². The van der Waals surface area contributed by atoms with Crippen LogP contribution in [0.15, 0.2) is 30.5 Å². The molecule has 1 aliphatic heterocycles. The molecule has 0 unspecified atom stereocenters. The van der Waals surface area contributed by atoms with Crippen molar-refractivity contribution in [1.82, 2.24) is 20.1 Å². The second kappa shape index (κ2) is 6.85. The van der Waals surface area contributed by atoms with Crippen LogP contribution in [0.1, 0.15) is 31.2 Å². The monoisotopic (exact) mass is 323 g/mol. The van der Waals surface area contributed by atoms with Gasteiger partial charge in [0.05, 0.1) is 11.9 Å². The molecule has 2 aliphatic rings. The van der Waals surface area contributed by atoms with E-state index in [0.29, 0.717) is 0 Å². The largest absolute Gasteiger partial charge is 0.337 e. The van der Waals surface area contributed by atoms with E-state index in [1.807, 2.05) is 6.07 Å². The van der Waals surface area contributed by atoms with Gasteiger partial charge < -0.3 is 4.90 Å². The fraction of sp³-hybridized carbons (Fsp3) is 0.526. The van der Waals surface area contributed by atoms with Gasteiger partial charge in [0, 0.05) is 37.8 Å². The average molecular weight is 323 g/mol. The molecule has 4 rings (SSSR count). The van der Waals surface area contributed by atoms with E-state index in [4.69, 9.17) is 4.98 Å². The van der Waals surface area contributed by atoms with Crippen LogP contribution in [0.5, 0.6) is 0 Å². The number of anilines is 1. The molecule has 0 bridgehead atoms. The molecule has 1 saturated carbocycles. The summed E-state index contributed by atoms with van der Waals surface area (Å²) in [5, 5.41) is 8.49. The fourth-order valence-corrected chi connectivity index (χ4v) is 3.97. The number of rotatable bonds is 3. The number of aryl methyl sites for hydroxylation is 1. The maximum absolute atomic E-state index is 4.78. The SMILES string of the molecule is Cc1ccccc1-c1cnnc(N2CCN(C3CCCC3)CC2)n1. The highest BCUT2D eigenvalue weighted by Crippen LogP contribution is 2.26. The second-order valence-electron chi connectivity index (χ2n) is 6.92. The first-order valence-electron chi connectivity index (χ1n) is 9.06. The highest BCUT2D eigenvalue weighted by molar-refractivity contribution is 5.63. The molecule has 1 saturated heterocycles. The lowest BCUT2D eigenvalue weighted by molar-refractivity contribution is 0.187. The van der Waals surface area contributed by atoms with Gasteiger partial charge in [-0.15, -0.1) is 5.10 Å². The van der Waals surface area contributed by atoms with Crippen LogP contribution in [0, 0.1) is 6.92 Å². The summed E-state index contributed by atoms with van der Waals surface area (Å²) in [6.45, 7) is 6.33. The van der Waals surface area contributed by atoms with Gasteiger partial charge in [0.15, 0.2) is 0 Å². The predicted molar refractivity (Wildman–Crippen MR) is 96.0 cm³/mol. The number of nitrogens with zero attached hydrogens (tertiary/aromatic N) is 5. The van der Waals surface area contributed by atoms with Gasteiger partial charge >= 0.3 is 0 Å². The van der Waals surface area contributed by atoms with Crippen LogP contribution in [0.3, 0.4) is 0 Å². The van der Waals surface area contributed by atoms with Gasteiger partial charge in [0.2, 0.25) is 5.95 Å². The van der Waals surface area contributed by atoms with Crippen molar-refractivity contribution in [1.29, 1.82) is 0 Å². The van der Waals surface area contributed by atoms with Crippen LogP contribution < -0.4 is 4.90 Å². The quantitative estimate of drug-likeness (QED) is 0.869. The van der Waals surface area contributed by atoms with Crippen LogP contribution in [0.25, 0.3) is 11.3 Å². The number of piperazine rings is 1. The maximum Gasteiger partial charge on any atom is 0.245 e. The van der Waals surface area contributed by atoms with Gasteiger partial charge in [-0.3, -0.25) is 4.90 Å². The second-order valence-corrected chi connectivity index (χ2v) is 6.92. The number of aromatic nitrogens is 3. The van der Waals surface area contributed by atoms with E-state index in [1.54, 1.807) is 6.20 Å². The first-order chi connectivity index (χ1) is 11.8. The summed E-state index contributed by atoms with van der Waals surface area (Å²) in [5.41, 5.74) is 3.27. The first-order valence-corrected chi connectivity index (χ1v) is 9.06. The molecule has 1 aromatic carbocycles. The Morgan fingerprint density at radius 2 is 1.75 bits per heavy atom. The molecule has 2 heterocycles. The molecule has 126 valence electrons. The molecule has 0 radical (unpaired) electrons. The zero-order chi connectivity index (χ0) is 16.4. The highest BCUT2D eigenvalue weighted by Gasteiger charge is 2.27. The normalized spacial score (nSPS) is 19.8. The van der Waals surface area contributed by atoms with E-state index in [2.05, 4.69) is 45.1 Å². The Kier molecular flexibility index (Phi) is 4.43. The minimum Gasteiger partial charge on any atom is -0.337 e. The number of benzene rings is 1. The average Bonchev–Trinajstić information content (AvgIpc) is 3.17. The smallest absolute Gasteiger partial charge is 0.245 e. The Balaban J connectivity index is 1.47. The van der Waals surface area contributed by atoms with Crippen molar-refractivity contribution in [2.45, 2.75) is 38.6 Å². The zero-order valence-corrected chi connectivity index (χ0v) is 14.4. The summed E-state index contributed by atoms with van der Waals surface area (Å²) >= 11 is 0. The molecular weight excluding hydrogens is 298 g/mol. The Labute approximate surface area is 143 Å². The molecule has 1 aromatic heterocycles. The van der Waals surface area contributed by atoms with E-state index in [1.165, 1.54) is 31.2 Å². The molecule has 1 aliphatic carbocycles. The topological polar surface area (TPSA) is 45.2 Å². The van der Waals surface area contributed by atoms with Crippen molar-refractivity contribution in [3.05, 3.63) is 36.0 Å². The lowest BCUT2D eigenvalue weighted by Crippen LogP contribution is -2.50. The van der Waals surface area contributed by atoms with Crippen molar-refractivity contribution in [3.63, 3.8) is 0 Å². The lowest BCUT2D eigenvalue weighted by Gasteiger charge is -2.37. The molecule has 2 fully saturated rings. The molecular formula is C19H25N5. The maximum atomic E-state index is 4.78. The van der Waals surface area contributed by atoms with Crippen molar-refractivity contribution in [3.8, 4) is 11.3 Å². The van der Waals surface area contributed by atoms with E-state index < -0.39 is 0 Å². The minimum absolute atomic E-state index is 0.766. The van der Waals surface area contributed by atoms with Gasteiger partial charge in [-0.1, -0.05) is 37.1 Å². The summed E-state index contributed by atoms with van der Waals surface area (Å²) in [4.78, 5) is 9.72. The molecule has 0 N–H and O–H groups in total. The Bertz CT molecular complexity index is 688. The van der Waals surface area contributed by atoms with Crippen LogP contribution in [0.4, 0.5) is 5.95 Å². The molecule has 0 atom stereocenters. The van der Waals surface area contributed by atoms with Gasteiger partial charge in [-0.25, -0.2) is 4.98 Å². The van der Waals surface area contributed by atoms with Crippen LogP contribution in [-0.2, 0) is 0 Å². The van der Waals surface area contributed by atoms with Crippen molar-refractivity contribution in [2.75, 3.05) is 31.1 Å². The highest BCUT2D eigenvalue weighted by atomic mass is 15.4. The number of hydrogen-bond donors (Lipinski definition) is 0. The van der Waals surface area contributed by atoms with E-state index >= 15 is 0 Å². The van der Waals surface area contributed by atoms with Crippen LogP contribution in [0.2, 0.25) is 0 Å². The fourth-order valence-electron chi connectivity index (χ4n) is 3.97. The Hall–Kier alpha value is -2.01. The minimum atomic E-state index is 0.766. The number of hydrogen-bond acceptors (Lipinski definition) is 5. The van der Waals surface area contributed by atoms with Crippen molar-refractivity contribution >= 4 is 5.95 Å². The molecule has 2 aromatic rings. The molecule has 0 amide bonds. The zero-order valence-electron chi connectivity index (χ0n) is 14.4. The van der Waals surface area contributed by atoms with Gasteiger partial charge in [-0.05, 0) is 25.3 Å². The Morgan fingerprint density at radius 3 is 2.50 bits per heavy atom. The van der Waals surface area contributed by atoms with Crippen LogP contribution >= 0.6 is 0 Å². The summed E-state index contributed by atoms with van der Waals surface area (Å²) in [6.07, 6.45) is 7.31. The molecule has 5 nitrogen and oxygen atoms in total. The van der Waals surface area contributed by atoms with Gasteiger partial charge in [0.1, 0.15) is 0 Å². The summed E-state index contributed by atoms with van der Waals surface area (Å²) in [7, 11) is 0. The molecule has 0 spiro atoms. The van der Waals surface area contributed by atoms with Crippen molar-refractivity contribution in [2.24, 2.45) is 0 Å². The molecule has 24 heavy (non-hydrogen) atoms. The first kappa shape index (κ1) is 15.5. The summed E-state index contributed by atoms with van der Waals surface area (Å²) in [6, 6.07) is 9.12. The van der Waals surface area contributed by atoms with E-state index in [0.717, 1.165) is 49.4 Å². The van der Waals surface area contributed by atoms with E-state index in [9.17, 15) is 0 Å². The summed E-state index contributed by atoms with van der Waals surface area (Å²) in [5.74, 6) is 0.766. The summed E-state index contributed by atoms with van der Waals surface area (Å²) < 4.78 is 0.